The van der Waals surface area contributed by atoms with Crippen molar-refractivity contribution in [2.24, 2.45) is 0 Å². The lowest BCUT2D eigenvalue weighted by atomic mass is 9.99. The molecular weight excluding hydrogens is 244 g/mol. The normalized spacial score (nSPS) is 9.47. The summed E-state index contributed by atoms with van der Waals surface area (Å²) in [5.74, 6) is -2.49. The Morgan fingerprint density at radius 3 is 1.84 bits per heavy atom. The van der Waals surface area contributed by atoms with Crippen LogP contribution in [-0.4, -0.2) is 22.2 Å². The lowest BCUT2D eigenvalue weighted by molar-refractivity contribution is 0.0651. The predicted molar refractivity (Wildman–Crippen MR) is 72.5 cm³/mol. The smallest absolute Gasteiger partial charge is 0.336 e. The standard InChI is InChI=1S/C14H10O4.CH4/c15-13(16)11-7-6-10(8-12(11)14(17)18)9-4-2-1-3-5-9;/h1-8H,(H,15,16)(H,17,18);1H4. The van der Waals surface area contributed by atoms with Gasteiger partial charge >= 0.3 is 11.9 Å². The zero-order valence-electron chi connectivity index (χ0n) is 9.33. The lowest BCUT2D eigenvalue weighted by Gasteiger charge is -2.06. The molecule has 2 aromatic carbocycles. The van der Waals surface area contributed by atoms with Crippen molar-refractivity contribution in [3.63, 3.8) is 0 Å². The van der Waals surface area contributed by atoms with Crippen LogP contribution < -0.4 is 0 Å². The quantitative estimate of drug-likeness (QED) is 0.884. The number of carbonyl (C=O) groups is 2. The van der Waals surface area contributed by atoms with Crippen LogP contribution in [0.25, 0.3) is 11.1 Å². The minimum atomic E-state index is -1.25. The van der Waals surface area contributed by atoms with Crippen molar-refractivity contribution in [3.05, 3.63) is 59.7 Å². The molecule has 0 heterocycles. The Bertz CT molecular complexity index is 603. The zero-order chi connectivity index (χ0) is 13.1. The summed E-state index contributed by atoms with van der Waals surface area (Å²) in [5, 5.41) is 17.9. The van der Waals surface area contributed by atoms with Gasteiger partial charge in [0.1, 0.15) is 0 Å². The first-order valence-electron chi connectivity index (χ1n) is 5.25. The van der Waals surface area contributed by atoms with Crippen LogP contribution in [0.5, 0.6) is 0 Å². The Morgan fingerprint density at radius 1 is 0.737 bits per heavy atom. The lowest BCUT2D eigenvalue weighted by Crippen LogP contribution is -2.07. The first-order chi connectivity index (χ1) is 8.59. The van der Waals surface area contributed by atoms with Crippen LogP contribution >= 0.6 is 0 Å². The van der Waals surface area contributed by atoms with E-state index in [0.717, 1.165) is 5.56 Å². The molecule has 2 aromatic rings. The maximum Gasteiger partial charge on any atom is 0.336 e. The van der Waals surface area contributed by atoms with Gasteiger partial charge in [-0.1, -0.05) is 43.8 Å². The minimum absolute atomic E-state index is 0. The van der Waals surface area contributed by atoms with E-state index in [1.807, 2.05) is 30.3 Å². The fraction of sp³-hybridized carbons (Fsp3) is 0.0667. The minimum Gasteiger partial charge on any atom is -0.478 e. The van der Waals surface area contributed by atoms with E-state index in [9.17, 15) is 9.59 Å². The summed E-state index contributed by atoms with van der Waals surface area (Å²) < 4.78 is 0. The molecule has 0 unspecified atom stereocenters. The summed E-state index contributed by atoms with van der Waals surface area (Å²) >= 11 is 0. The molecule has 2 N–H and O–H groups in total. The molecule has 0 aliphatic carbocycles. The first kappa shape index (κ1) is 14.4. The SMILES string of the molecule is C.O=C(O)c1ccc(-c2ccccc2)cc1C(=O)O. The molecule has 0 aliphatic rings. The molecule has 0 radical (unpaired) electrons. The fourth-order valence-electron chi connectivity index (χ4n) is 1.72. The van der Waals surface area contributed by atoms with Crippen molar-refractivity contribution in [1.29, 1.82) is 0 Å². The second kappa shape index (κ2) is 5.82. The Morgan fingerprint density at radius 2 is 1.32 bits per heavy atom. The third-order valence-electron chi connectivity index (χ3n) is 2.59. The highest BCUT2D eigenvalue weighted by molar-refractivity contribution is 6.02. The molecule has 0 spiro atoms. The topological polar surface area (TPSA) is 74.6 Å². The Balaban J connectivity index is 0.00000180. The molecule has 0 bridgehead atoms. The number of hydrogen-bond donors (Lipinski definition) is 2. The van der Waals surface area contributed by atoms with E-state index in [2.05, 4.69) is 0 Å². The van der Waals surface area contributed by atoms with Crippen molar-refractivity contribution in [2.45, 2.75) is 7.43 Å². The Hall–Kier alpha value is -2.62. The van der Waals surface area contributed by atoms with Gasteiger partial charge in [0.2, 0.25) is 0 Å². The predicted octanol–water partition coefficient (Wildman–Crippen LogP) is 3.39. The maximum absolute atomic E-state index is 11.0. The molecule has 4 heteroatoms. The summed E-state index contributed by atoms with van der Waals surface area (Å²) in [6, 6.07) is 13.5. The van der Waals surface area contributed by atoms with Gasteiger partial charge in [0.15, 0.2) is 0 Å². The van der Waals surface area contributed by atoms with Crippen LogP contribution in [0.4, 0.5) is 0 Å². The highest BCUT2D eigenvalue weighted by Crippen LogP contribution is 2.22. The molecule has 0 saturated carbocycles. The van der Waals surface area contributed by atoms with Crippen molar-refractivity contribution in [1.82, 2.24) is 0 Å². The van der Waals surface area contributed by atoms with E-state index < -0.39 is 11.9 Å². The summed E-state index contributed by atoms with van der Waals surface area (Å²) in [6.07, 6.45) is 0. The van der Waals surface area contributed by atoms with Gasteiger partial charge in [0, 0.05) is 0 Å². The highest BCUT2D eigenvalue weighted by atomic mass is 16.4. The number of rotatable bonds is 3. The molecular formula is C15H14O4. The molecule has 0 amide bonds. The van der Waals surface area contributed by atoms with Crippen LogP contribution in [-0.2, 0) is 0 Å². The second-order valence-electron chi connectivity index (χ2n) is 3.74. The van der Waals surface area contributed by atoms with Crippen molar-refractivity contribution in [3.8, 4) is 11.1 Å². The third-order valence-corrected chi connectivity index (χ3v) is 2.59. The van der Waals surface area contributed by atoms with Gasteiger partial charge < -0.3 is 10.2 Å². The molecule has 0 atom stereocenters. The Kier molecular flexibility index (Phi) is 4.42. The number of hydrogen-bond acceptors (Lipinski definition) is 2. The molecule has 2 rings (SSSR count). The van der Waals surface area contributed by atoms with E-state index in [4.69, 9.17) is 10.2 Å². The number of carboxylic acid groups (broad SMARTS) is 2. The number of carboxylic acids is 2. The van der Waals surface area contributed by atoms with Gasteiger partial charge in [-0.2, -0.15) is 0 Å². The van der Waals surface area contributed by atoms with E-state index in [-0.39, 0.29) is 18.6 Å². The van der Waals surface area contributed by atoms with E-state index in [1.165, 1.54) is 12.1 Å². The summed E-state index contributed by atoms with van der Waals surface area (Å²) in [5.41, 5.74) is 1.11. The molecule has 98 valence electrons. The van der Waals surface area contributed by atoms with Crippen molar-refractivity contribution < 1.29 is 19.8 Å². The first-order valence-corrected chi connectivity index (χ1v) is 5.25. The largest absolute Gasteiger partial charge is 0.478 e. The van der Waals surface area contributed by atoms with Gasteiger partial charge in [-0.05, 0) is 23.3 Å². The summed E-state index contributed by atoms with van der Waals surface area (Å²) in [7, 11) is 0. The second-order valence-corrected chi connectivity index (χ2v) is 3.74. The summed E-state index contributed by atoms with van der Waals surface area (Å²) in [6.45, 7) is 0. The Labute approximate surface area is 111 Å². The van der Waals surface area contributed by atoms with Crippen molar-refractivity contribution in [2.75, 3.05) is 0 Å². The van der Waals surface area contributed by atoms with Gasteiger partial charge in [0.05, 0.1) is 11.1 Å². The fourth-order valence-corrected chi connectivity index (χ4v) is 1.72. The molecule has 4 nitrogen and oxygen atoms in total. The van der Waals surface area contributed by atoms with E-state index >= 15 is 0 Å². The third kappa shape index (κ3) is 2.98. The molecule has 0 aliphatic heterocycles. The van der Waals surface area contributed by atoms with Crippen LogP contribution in [0.3, 0.4) is 0 Å². The van der Waals surface area contributed by atoms with E-state index in [1.54, 1.807) is 6.07 Å². The van der Waals surface area contributed by atoms with Gasteiger partial charge in [-0.25, -0.2) is 9.59 Å². The van der Waals surface area contributed by atoms with Crippen LogP contribution in [0.2, 0.25) is 0 Å². The van der Waals surface area contributed by atoms with Crippen molar-refractivity contribution >= 4 is 11.9 Å². The summed E-state index contributed by atoms with van der Waals surface area (Å²) in [4.78, 5) is 22.0. The van der Waals surface area contributed by atoms with Crippen LogP contribution in [0.15, 0.2) is 48.5 Å². The van der Waals surface area contributed by atoms with Crippen LogP contribution in [0, 0.1) is 0 Å². The van der Waals surface area contributed by atoms with Crippen LogP contribution in [0.1, 0.15) is 28.1 Å². The molecule has 0 fully saturated rings. The average molecular weight is 258 g/mol. The average Bonchev–Trinajstić information content (AvgIpc) is 2.39. The number of benzene rings is 2. The van der Waals surface area contributed by atoms with Gasteiger partial charge in [0.25, 0.3) is 0 Å². The zero-order valence-corrected chi connectivity index (χ0v) is 9.33. The van der Waals surface area contributed by atoms with Gasteiger partial charge in [-0.15, -0.1) is 0 Å². The number of aromatic carboxylic acids is 2. The van der Waals surface area contributed by atoms with E-state index in [0.29, 0.717) is 5.56 Å². The maximum atomic E-state index is 11.0. The highest BCUT2D eigenvalue weighted by Gasteiger charge is 2.16. The van der Waals surface area contributed by atoms with Gasteiger partial charge in [-0.3, -0.25) is 0 Å². The monoisotopic (exact) mass is 258 g/mol. The molecule has 0 saturated heterocycles. The molecule has 19 heavy (non-hydrogen) atoms. The molecule has 0 aromatic heterocycles.